The van der Waals surface area contributed by atoms with E-state index in [0.29, 0.717) is 0 Å². The smallest absolute Gasteiger partial charge is 0.204 e. The number of rotatable bonds is 5. The zero-order valence-electron chi connectivity index (χ0n) is 9.05. The average Bonchev–Trinajstić information content (AvgIpc) is 2.25. The van der Waals surface area contributed by atoms with Crippen LogP contribution in [0.4, 0.5) is 0 Å². The molecule has 2 heteroatoms. The lowest BCUT2D eigenvalue weighted by atomic mass is 10.0. The van der Waals surface area contributed by atoms with Gasteiger partial charge in [-0.2, -0.15) is 0 Å². The van der Waals surface area contributed by atoms with E-state index < -0.39 is 0 Å². The second-order valence-corrected chi connectivity index (χ2v) is 3.76. The number of hydrogen-bond acceptors (Lipinski definition) is 1. The number of benzene rings is 1. The molecule has 0 aliphatic rings. The van der Waals surface area contributed by atoms with Gasteiger partial charge in [0.15, 0.2) is 0 Å². The standard InChI is InChI=1S/C12H18OSi/c1-3-5-7-11-9-6-8-10(4-2)12(11)13-14/h4,6,8-9H,2-3,5,7H2,1,14H3. The molecule has 0 amide bonds. The maximum absolute atomic E-state index is 5.53. The third kappa shape index (κ3) is 2.48. The molecule has 14 heavy (non-hydrogen) atoms. The molecule has 0 heterocycles. The van der Waals surface area contributed by atoms with Gasteiger partial charge in [0.05, 0.1) is 0 Å². The van der Waals surface area contributed by atoms with Crippen LogP contribution in [0, 0.1) is 0 Å². The summed E-state index contributed by atoms with van der Waals surface area (Å²) in [5.74, 6) is 1.04. The van der Waals surface area contributed by atoms with Gasteiger partial charge in [0, 0.05) is 5.56 Å². The van der Waals surface area contributed by atoms with Crippen molar-refractivity contribution in [3.05, 3.63) is 35.9 Å². The van der Waals surface area contributed by atoms with E-state index in [9.17, 15) is 0 Å². The monoisotopic (exact) mass is 206 g/mol. The van der Waals surface area contributed by atoms with E-state index in [1.54, 1.807) is 0 Å². The number of aryl methyl sites for hydroxylation is 1. The average molecular weight is 206 g/mol. The molecule has 0 saturated heterocycles. The summed E-state index contributed by atoms with van der Waals surface area (Å²) in [6.07, 6.45) is 5.41. The van der Waals surface area contributed by atoms with E-state index >= 15 is 0 Å². The fourth-order valence-corrected chi connectivity index (χ4v) is 2.08. The summed E-state index contributed by atoms with van der Waals surface area (Å²) in [7, 11) is 0.739. The first-order valence-electron chi connectivity index (χ1n) is 5.11. The summed E-state index contributed by atoms with van der Waals surface area (Å²) >= 11 is 0. The molecule has 1 rings (SSSR count). The van der Waals surface area contributed by atoms with Crippen LogP contribution in [-0.2, 0) is 6.42 Å². The number of para-hydroxylation sites is 1. The van der Waals surface area contributed by atoms with E-state index in [1.807, 2.05) is 6.08 Å². The first-order valence-corrected chi connectivity index (χ1v) is 5.93. The first-order chi connectivity index (χ1) is 6.83. The minimum Gasteiger partial charge on any atom is -0.553 e. The Kier molecular flexibility index (Phi) is 4.46. The predicted molar refractivity (Wildman–Crippen MR) is 65.7 cm³/mol. The van der Waals surface area contributed by atoms with E-state index in [0.717, 1.165) is 28.2 Å². The summed E-state index contributed by atoms with van der Waals surface area (Å²) in [5.41, 5.74) is 2.44. The van der Waals surface area contributed by atoms with Gasteiger partial charge >= 0.3 is 0 Å². The number of unbranched alkanes of at least 4 members (excludes halogenated alkanes) is 1. The van der Waals surface area contributed by atoms with Crippen molar-refractivity contribution in [1.29, 1.82) is 0 Å². The van der Waals surface area contributed by atoms with Gasteiger partial charge < -0.3 is 4.43 Å². The molecule has 76 valence electrons. The third-order valence-corrected chi connectivity index (χ3v) is 2.76. The molecular formula is C12H18OSi. The normalized spacial score (nSPS) is 10.1. The highest BCUT2D eigenvalue weighted by atomic mass is 28.2. The molecule has 0 aliphatic carbocycles. The molecule has 0 saturated carbocycles. The van der Waals surface area contributed by atoms with Crippen LogP contribution in [0.15, 0.2) is 24.8 Å². The van der Waals surface area contributed by atoms with E-state index in [4.69, 9.17) is 4.43 Å². The fourth-order valence-electron chi connectivity index (χ4n) is 1.58. The molecule has 0 spiro atoms. The van der Waals surface area contributed by atoms with Crippen LogP contribution in [0.3, 0.4) is 0 Å². The van der Waals surface area contributed by atoms with Gasteiger partial charge in [0.2, 0.25) is 10.5 Å². The predicted octanol–water partition coefficient (Wildman–Crippen LogP) is 2.33. The highest BCUT2D eigenvalue weighted by Crippen LogP contribution is 2.25. The molecule has 1 aromatic carbocycles. The molecular weight excluding hydrogens is 188 g/mol. The van der Waals surface area contributed by atoms with Crippen LogP contribution in [0.25, 0.3) is 6.08 Å². The lowest BCUT2D eigenvalue weighted by molar-refractivity contribution is 0.599. The summed E-state index contributed by atoms with van der Waals surface area (Å²) in [4.78, 5) is 0. The van der Waals surface area contributed by atoms with Crippen LogP contribution < -0.4 is 4.43 Å². The fraction of sp³-hybridized carbons (Fsp3) is 0.333. The van der Waals surface area contributed by atoms with Gasteiger partial charge in [-0.3, -0.25) is 0 Å². The lowest BCUT2D eigenvalue weighted by Gasteiger charge is -2.11. The van der Waals surface area contributed by atoms with Crippen molar-refractivity contribution in [2.75, 3.05) is 0 Å². The van der Waals surface area contributed by atoms with Crippen molar-refractivity contribution in [1.82, 2.24) is 0 Å². The maximum Gasteiger partial charge on any atom is 0.204 e. The third-order valence-electron chi connectivity index (χ3n) is 2.35. The minimum atomic E-state index is 0.739. The molecule has 0 radical (unpaired) electrons. The Morgan fingerprint density at radius 3 is 2.86 bits per heavy atom. The largest absolute Gasteiger partial charge is 0.553 e. The molecule has 0 bridgehead atoms. The van der Waals surface area contributed by atoms with Gasteiger partial charge in [0.1, 0.15) is 5.75 Å². The van der Waals surface area contributed by atoms with Crippen molar-refractivity contribution < 1.29 is 4.43 Å². The summed E-state index contributed by atoms with van der Waals surface area (Å²) in [6.45, 7) is 6.00. The van der Waals surface area contributed by atoms with Crippen molar-refractivity contribution in [2.24, 2.45) is 0 Å². The SMILES string of the molecule is C=Cc1cccc(CCCC)c1O[SiH3]. The highest BCUT2D eigenvalue weighted by Gasteiger charge is 2.04. The van der Waals surface area contributed by atoms with Gasteiger partial charge in [-0.05, 0) is 18.4 Å². The Morgan fingerprint density at radius 1 is 1.50 bits per heavy atom. The summed E-state index contributed by atoms with van der Waals surface area (Å²) < 4.78 is 5.53. The van der Waals surface area contributed by atoms with Crippen molar-refractivity contribution >= 4 is 16.6 Å². The van der Waals surface area contributed by atoms with Gasteiger partial charge in [-0.25, -0.2) is 0 Å². The van der Waals surface area contributed by atoms with Crippen LogP contribution >= 0.6 is 0 Å². The topological polar surface area (TPSA) is 9.23 Å². The summed E-state index contributed by atoms with van der Waals surface area (Å²) in [5, 5.41) is 0. The second-order valence-electron chi connectivity index (χ2n) is 3.35. The summed E-state index contributed by atoms with van der Waals surface area (Å²) in [6, 6.07) is 6.28. The van der Waals surface area contributed by atoms with Crippen molar-refractivity contribution in [2.45, 2.75) is 26.2 Å². The zero-order valence-corrected chi connectivity index (χ0v) is 11.0. The van der Waals surface area contributed by atoms with Crippen LogP contribution in [0.1, 0.15) is 30.9 Å². The van der Waals surface area contributed by atoms with E-state index in [1.165, 1.54) is 18.4 Å². The molecule has 0 aliphatic heterocycles. The Labute approximate surface area is 89.3 Å². The Hall–Kier alpha value is -1.02. The first kappa shape index (κ1) is 11.1. The second kappa shape index (κ2) is 5.65. The Bertz CT molecular complexity index is 307. The molecule has 0 atom stereocenters. The molecule has 1 nitrogen and oxygen atoms in total. The van der Waals surface area contributed by atoms with Crippen molar-refractivity contribution in [3.8, 4) is 5.75 Å². The minimum absolute atomic E-state index is 0.739. The Balaban J connectivity index is 2.96. The number of hydrogen-bond donors (Lipinski definition) is 0. The van der Waals surface area contributed by atoms with E-state index in [-0.39, 0.29) is 0 Å². The highest BCUT2D eigenvalue weighted by molar-refractivity contribution is 6.00. The van der Waals surface area contributed by atoms with Crippen LogP contribution in [-0.4, -0.2) is 10.5 Å². The van der Waals surface area contributed by atoms with Gasteiger partial charge in [-0.1, -0.05) is 44.2 Å². The van der Waals surface area contributed by atoms with E-state index in [2.05, 4.69) is 31.7 Å². The Morgan fingerprint density at radius 2 is 2.29 bits per heavy atom. The van der Waals surface area contributed by atoms with Crippen LogP contribution in [0.5, 0.6) is 5.75 Å². The molecule has 0 N–H and O–H groups in total. The quantitative estimate of drug-likeness (QED) is 0.672. The van der Waals surface area contributed by atoms with Crippen molar-refractivity contribution in [3.63, 3.8) is 0 Å². The lowest BCUT2D eigenvalue weighted by Crippen LogP contribution is -1.95. The van der Waals surface area contributed by atoms with Gasteiger partial charge in [0.25, 0.3) is 0 Å². The van der Waals surface area contributed by atoms with Gasteiger partial charge in [-0.15, -0.1) is 0 Å². The molecule has 0 aromatic heterocycles. The molecule has 0 unspecified atom stereocenters. The molecule has 1 aromatic rings. The zero-order chi connectivity index (χ0) is 10.4. The van der Waals surface area contributed by atoms with Crippen LogP contribution in [0.2, 0.25) is 0 Å². The molecule has 0 fully saturated rings. The maximum atomic E-state index is 5.53.